The van der Waals surface area contributed by atoms with Crippen LogP contribution in [0.3, 0.4) is 0 Å². The third-order valence-corrected chi connectivity index (χ3v) is 2.43. The predicted octanol–water partition coefficient (Wildman–Crippen LogP) is 1.65. The maximum Gasteiger partial charge on any atom is 0.435 e. The molecule has 7 heteroatoms. The summed E-state index contributed by atoms with van der Waals surface area (Å²) in [4.78, 5) is 0. The molecule has 18 heavy (non-hydrogen) atoms. The van der Waals surface area contributed by atoms with Gasteiger partial charge in [-0.05, 0) is 13.0 Å². The van der Waals surface area contributed by atoms with Gasteiger partial charge >= 0.3 is 6.18 Å². The Bertz CT molecular complexity index is 389. The lowest BCUT2D eigenvalue weighted by Gasteiger charge is -2.31. The number of aromatic nitrogens is 2. The Morgan fingerprint density at radius 2 is 2.06 bits per heavy atom. The van der Waals surface area contributed by atoms with Gasteiger partial charge in [0.15, 0.2) is 5.69 Å². The molecule has 1 atom stereocenters. The number of aliphatic hydroxyl groups excluding tert-OH is 1. The first kappa shape index (κ1) is 15.0. The smallest absolute Gasteiger partial charge is 0.394 e. The topological polar surface area (TPSA) is 50.1 Å². The molecule has 0 radical (unpaired) electrons. The van der Waals surface area contributed by atoms with Crippen LogP contribution >= 0.6 is 0 Å². The Labute approximate surface area is 104 Å². The van der Waals surface area contributed by atoms with E-state index < -0.39 is 17.4 Å². The zero-order valence-electron chi connectivity index (χ0n) is 10.6. The maximum absolute atomic E-state index is 12.4. The second-order valence-corrected chi connectivity index (χ2v) is 4.91. The van der Waals surface area contributed by atoms with E-state index in [1.807, 2.05) is 13.8 Å². The predicted molar refractivity (Wildman–Crippen MR) is 61.0 cm³/mol. The maximum atomic E-state index is 12.4. The molecular formula is C11H18F3N3O. The van der Waals surface area contributed by atoms with Gasteiger partial charge in [0.2, 0.25) is 0 Å². The molecule has 0 saturated heterocycles. The summed E-state index contributed by atoms with van der Waals surface area (Å²) in [6.07, 6.45) is -3.18. The van der Waals surface area contributed by atoms with Crippen molar-refractivity contribution in [1.29, 1.82) is 0 Å². The summed E-state index contributed by atoms with van der Waals surface area (Å²) in [5, 5.41) is 15.9. The van der Waals surface area contributed by atoms with Crippen molar-refractivity contribution in [3.63, 3.8) is 0 Å². The molecule has 1 unspecified atom stereocenters. The molecular weight excluding hydrogens is 247 g/mol. The number of aliphatic hydroxyl groups is 1. The van der Waals surface area contributed by atoms with Gasteiger partial charge in [-0.3, -0.25) is 4.68 Å². The largest absolute Gasteiger partial charge is 0.435 e. The highest BCUT2D eigenvalue weighted by atomic mass is 19.4. The summed E-state index contributed by atoms with van der Waals surface area (Å²) in [5.41, 5.74) is -1.63. The van der Waals surface area contributed by atoms with Crippen LogP contribution in [0, 0.1) is 0 Å². The average molecular weight is 265 g/mol. The van der Waals surface area contributed by atoms with E-state index in [1.165, 1.54) is 10.9 Å². The van der Waals surface area contributed by atoms with Gasteiger partial charge < -0.3 is 10.4 Å². The first-order chi connectivity index (χ1) is 8.16. The number of hydrogen-bond donors (Lipinski definition) is 2. The lowest BCUT2D eigenvalue weighted by molar-refractivity contribution is -0.141. The summed E-state index contributed by atoms with van der Waals surface area (Å²) in [6.45, 7) is 5.52. The first-order valence-corrected chi connectivity index (χ1v) is 5.65. The zero-order valence-corrected chi connectivity index (χ0v) is 10.6. The van der Waals surface area contributed by atoms with E-state index in [9.17, 15) is 18.3 Å². The lowest BCUT2D eigenvalue weighted by atomic mass is 10.0. The standard InChI is InChI=1S/C11H18F3N3O/c1-8(2)15-10(3,7-18)6-17-5-4-9(16-17)11(12,13)14/h4-5,8,15,18H,6-7H2,1-3H3. The van der Waals surface area contributed by atoms with Crippen molar-refractivity contribution in [3.05, 3.63) is 18.0 Å². The number of nitrogens with one attached hydrogen (secondary N) is 1. The van der Waals surface area contributed by atoms with Crippen LogP contribution < -0.4 is 5.32 Å². The van der Waals surface area contributed by atoms with E-state index in [4.69, 9.17) is 0 Å². The van der Waals surface area contributed by atoms with Gasteiger partial charge in [0.1, 0.15) is 0 Å². The number of rotatable bonds is 5. The van der Waals surface area contributed by atoms with Crippen LogP contribution in [-0.4, -0.2) is 33.1 Å². The molecule has 104 valence electrons. The Hall–Kier alpha value is -1.08. The summed E-state index contributed by atoms with van der Waals surface area (Å²) in [6, 6.07) is 1.03. The fourth-order valence-corrected chi connectivity index (χ4v) is 1.80. The van der Waals surface area contributed by atoms with E-state index in [0.29, 0.717) is 0 Å². The normalized spacial score (nSPS) is 16.0. The summed E-state index contributed by atoms with van der Waals surface area (Å²) in [7, 11) is 0. The van der Waals surface area contributed by atoms with Crippen molar-refractivity contribution in [1.82, 2.24) is 15.1 Å². The zero-order chi connectivity index (χ0) is 14.0. The van der Waals surface area contributed by atoms with E-state index in [0.717, 1.165) is 6.07 Å². The molecule has 0 aliphatic carbocycles. The molecule has 1 aromatic rings. The second kappa shape index (κ2) is 5.27. The van der Waals surface area contributed by atoms with Gasteiger partial charge in [0, 0.05) is 12.2 Å². The Balaban J connectivity index is 2.80. The van der Waals surface area contributed by atoms with E-state index >= 15 is 0 Å². The molecule has 4 nitrogen and oxygen atoms in total. The molecule has 1 rings (SSSR count). The molecule has 1 heterocycles. The van der Waals surface area contributed by atoms with Crippen molar-refractivity contribution < 1.29 is 18.3 Å². The van der Waals surface area contributed by atoms with Crippen molar-refractivity contribution >= 4 is 0 Å². The quantitative estimate of drug-likeness (QED) is 0.851. The van der Waals surface area contributed by atoms with Crippen molar-refractivity contribution in [3.8, 4) is 0 Å². The van der Waals surface area contributed by atoms with Crippen LogP contribution in [0.15, 0.2) is 12.3 Å². The van der Waals surface area contributed by atoms with Crippen LogP contribution in [0.5, 0.6) is 0 Å². The number of halogens is 3. The van der Waals surface area contributed by atoms with Crippen LogP contribution in [0.25, 0.3) is 0 Å². The number of hydrogen-bond acceptors (Lipinski definition) is 3. The van der Waals surface area contributed by atoms with Gasteiger partial charge in [-0.2, -0.15) is 18.3 Å². The molecule has 0 spiro atoms. The van der Waals surface area contributed by atoms with Gasteiger partial charge in [-0.15, -0.1) is 0 Å². The monoisotopic (exact) mass is 265 g/mol. The lowest BCUT2D eigenvalue weighted by Crippen LogP contribution is -2.52. The third kappa shape index (κ3) is 3.99. The minimum atomic E-state index is -4.44. The molecule has 0 fully saturated rings. The van der Waals surface area contributed by atoms with Crippen LogP contribution in [-0.2, 0) is 12.7 Å². The van der Waals surface area contributed by atoms with Gasteiger partial charge in [0.05, 0.1) is 18.7 Å². The third-order valence-electron chi connectivity index (χ3n) is 2.43. The van der Waals surface area contributed by atoms with Crippen molar-refractivity contribution in [2.45, 2.75) is 45.1 Å². The number of nitrogens with zero attached hydrogens (tertiary/aromatic N) is 2. The van der Waals surface area contributed by atoms with E-state index in [1.54, 1.807) is 6.92 Å². The average Bonchev–Trinajstić information content (AvgIpc) is 2.64. The summed E-state index contributed by atoms with van der Waals surface area (Å²) < 4.78 is 38.3. The van der Waals surface area contributed by atoms with Crippen LogP contribution in [0.2, 0.25) is 0 Å². The summed E-state index contributed by atoms with van der Waals surface area (Å²) in [5.74, 6) is 0. The fraction of sp³-hybridized carbons (Fsp3) is 0.727. The minimum Gasteiger partial charge on any atom is -0.394 e. The highest BCUT2D eigenvalue weighted by Gasteiger charge is 2.34. The first-order valence-electron chi connectivity index (χ1n) is 5.65. The molecule has 0 aromatic carbocycles. The highest BCUT2D eigenvalue weighted by molar-refractivity contribution is 5.03. The molecule has 0 saturated carbocycles. The van der Waals surface area contributed by atoms with E-state index in [-0.39, 0.29) is 19.2 Å². The van der Waals surface area contributed by atoms with Crippen molar-refractivity contribution in [2.24, 2.45) is 0 Å². The van der Waals surface area contributed by atoms with Gasteiger partial charge in [-0.25, -0.2) is 0 Å². The molecule has 0 amide bonds. The van der Waals surface area contributed by atoms with Gasteiger partial charge in [0.25, 0.3) is 0 Å². The molecule has 0 aliphatic rings. The molecule has 1 aromatic heterocycles. The van der Waals surface area contributed by atoms with Crippen molar-refractivity contribution in [2.75, 3.05) is 6.61 Å². The Morgan fingerprint density at radius 1 is 1.44 bits per heavy atom. The highest BCUT2D eigenvalue weighted by Crippen LogP contribution is 2.27. The SMILES string of the molecule is CC(C)NC(C)(CO)Cn1ccc(C(F)(F)F)n1. The van der Waals surface area contributed by atoms with Crippen LogP contribution in [0.4, 0.5) is 13.2 Å². The number of alkyl halides is 3. The Kier molecular flexibility index (Phi) is 4.39. The van der Waals surface area contributed by atoms with Gasteiger partial charge in [-0.1, -0.05) is 13.8 Å². The minimum absolute atomic E-state index is 0.111. The molecule has 0 bridgehead atoms. The molecule has 2 N–H and O–H groups in total. The second-order valence-electron chi connectivity index (χ2n) is 4.91. The fourth-order valence-electron chi connectivity index (χ4n) is 1.80. The van der Waals surface area contributed by atoms with E-state index in [2.05, 4.69) is 10.4 Å². The Morgan fingerprint density at radius 3 is 2.44 bits per heavy atom. The van der Waals surface area contributed by atoms with Crippen LogP contribution in [0.1, 0.15) is 26.5 Å². The summed E-state index contributed by atoms with van der Waals surface area (Å²) >= 11 is 0. The molecule has 0 aliphatic heterocycles.